The van der Waals surface area contributed by atoms with E-state index in [1.165, 1.54) is 0 Å². The fourth-order valence-electron chi connectivity index (χ4n) is 3.35. The summed E-state index contributed by atoms with van der Waals surface area (Å²) in [5.74, 6) is 0.394. The van der Waals surface area contributed by atoms with Crippen LogP contribution in [0.1, 0.15) is 15.9 Å². The van der Waals surface area contributed by atoms with Gasteiger partial charge in [0.2, 0.25) is 0 Å². The normalized spacial score (nSPS) is 11.0. The van der Waals surface area contributed by atoms with Crippen molar-refractivity contribution < 1.29 is 17.9 Å². The number of rotatable bonds is 7. The van der Waals surface area contributed by atoms with E-state index in [1.54, 1.807) is 79.9 Å². The molecule has 0 aliphatic heterocycles. The second kappa shape index (κ2) is 9.80. The molecule has 0 heterocycles. The van der Waals surface area contributed by atoms with Crippen LogP contribution in [0.4, 0.5) is 11.4 Å². The molecule has 0 unspecified atom stereocenters. The van der Waals surface area contributed by atoms with Gasteiger partial charge in [-0.3, -0.25) is 9.52 Å². The molecule has 172 valence electrons. The Morgan fingerprint density at radius 1 is 0.706 bits per heavy atom. The lowest BCUT2D eigenvalue weighted by atomic mass is 10.0. The summed E-state index contributed by atoms with van der Waals surface area (Å²) in [6, 6.07) is 28.0. The van der Waals surface area contributed by atoms with E-state index in [0.717, 1.165) is 16.7 Å². The van der Waals surface area contributed by atoms with Crippen molar-refractivity contribution in [2.75, 3.05) is 17.1 Å². The molecule has 0 aliphatic carbocycles. The number of hydrogen-bond acceptors (Lipinski definition) is 4. The maximum Gasteiger partial charge on any atom is 0.261 e. The lowest BCUT2D eigenvalue weighted by Gasteiger charge is -2.10. The molecule has 0 saturated heterocycles. The first-order chi connectivity index (χ1) is 16.3. The number of sulfonamides is 1. The summed E-state index contributed by atoms with van der Waals surface area (Å²) >= 11 is 0. The first kappa shape index (κ1) is 23.1. The number of carbonyl (C=O) groups is 1. The Labute approximate surface area is 199 Å². The predicted molar refractivity (Wildman–Crippen MR) is 135 cm³/mol. The zero-order valence-corrected chi connectivity index (χ0v) is 19.6. The third-order valence-electron chi connectivity index (χ3n) is 5.30. The fraction of sp³-hybridized carbons (Fsp3) is 0.0741. The van der Waals surface area contributed by atoms with Crippen molar-refractivity contribution in [1.29, 1.82) is 0 Å². The highest BCUT2D eigenvalue weighted by Gasteiger charge is 2.15. The Morgan fingerprint density at radius 3 is 1.79 bits per heavy atom. The Hall–Kier alpha value is -4.10. The molecule has 0 saturated carbocycles. The summed E-state index contributed by atoms with van der Waals surface area (Å²) in [5.41, 5.74) is 4.52. The zero-order chi connectivity index (χ0) is 24.1. The molecule has 0 radical (unpaired) electrons. The molecule has 4 aromatic carbocycles. The minimum Gasteiger partial charge on any atom is -0.497 e. The van der Waals surface area contributed by atoms with Crippen LogP contribution in [0.2, 0.25) is 0 Å². The van der Waals surface area contributed by atoms with Crippen LogP contribution >= 0.6 is 0 Å². The van der Waals surface area contributed by atoms with Crippen LogP contribution in [0, 0.1) is 6.92 Å². The SMILES string of the molecule is COc1ccc(NC(=O)c2ccc(NS(=O)(=O)c3ccc(-c4ccc(C)cc4)cc3)cc2)cc1. The smallest absolute Gasteiger partial charge is 0.261 e. The molecular weight excluding hydrogens is 448 g/mol. The Bertz CT molecular complexity index is 1380. The van der Waals surface area contributed by atoms with E-state index in [-0.39, 0.29) is 10.8 Å². The van der Waals surface area contributed by atoms with Gasteiger partial charge in [0.1, 0.15) is 5.75 Å². The van der Waals surface area contributed by atoms with E-state index >= 15 is 0 Å². The van der Waals surface area contributed by atoms with Gasteiger partial charge >= 0.3 is 0 Å². The highest BCUT2D eigenvalue weighted by atomic mass is 32.2. The number of amides is 1. The summed E-state index contributed by atoms with van der Waals surface area (Å²) < 4.78 is 33.3. The van der Waals surface area contributed by atoms with Gasteiger partial charge in [0, 0.05) is 16.9 Å². The van der Waals surface area contributed by atoms with E-state index in [1.807, 2.05) is 31.2 Å². The molecule has 4 aromatic rings. The second-order valence-electron chi connectivity index (χ2n) is 7.76. The second-order valence-corrected chi connectivity index (χ2v) is 9.44. The molecule has 0 bridgehead atoms. The van der Waals surface area contributed by atoms with Gasteiger partial charge in [-0.1, -0.05) is 42.0 Å². The number of aryl methyl sites for hydroxylation is 1. The molecular formula is C27H24N2O4S. The van der Waals surface area contributed by atoms with E-state index in [0.29, 0.717) is 22.7 Å². The number of anilines is 2. The highest BCUT2D eigenvalue weighted by molar-refractivity contribution is 7.92. The van der Waals surface area contributed by atoms with Crippen LogP contribution < -0.4 is 14.8 Å². The van der Waals surface area contributed by atoms with Crippen LogP contribution in [0.3, 0.4) is 0 Å². The standard InChI is InChI=1S/C27H24N2O4S/c1-19-3-5-20(6-4-19)21-9-17-26(18-10-21)34(31,32)29-24-11-7-22(8-12-24)27(30)28-23-13-15-25(33-2)16-14-23/h3-18,29H,1-2H3,(H,28,30). The Morgan fingerprint density at radius 2 is 1.24 bits per heavy atom. The van der Waals surface area contributed by atoms with E-state index in [9.17, 15) is 13.2 Å². The number of benzene rings is 4. The molecule has 34 heavy (non-hydrogen) atoms. The molecule has 0 atom stereocenters. The first-order valence-corrected chi connectivity index (χ1v) is 12.1. The lowest BCUT2D eigenvalue weighted by Crippen LogP contribution is -2.14. The number of hydrogen-bond donors (Lipinski definition) is 2. The summed E-state index contributed by atoms with van der Waals surface area (Å²) in [6.07, 6.45) is 0. The predicted octanol–water partition coefficient (Wildman–Crippen LogP) is 5.72. The minimum absolute atomic E-state index is 0.157. The summed E-state index contributed by atoms with van der Waals surface area (Å²) in [6.45, 7) is 2.02. The van der Waals surface area contributed by atoms with Crippen molar-refractivity contribution in [2.45, 2.75) is 11.8 Å². The number of nitrogens with one attached hydrogen (secondary N) is 2. The minimum atomic E-state index is -3.77. The average molecular weight is 473 g/mol. The van der Waals surface area contributed by atoms with Crippen LogP contribution in [-0.4, -0.2) is 21.4 Å². The van der Waals surface area contributed by atoms with Gasteiger partial charge in [0.25, 0.3) is 15.9 Å². The summed E-state index contributed by atoms with van der Waals surface area (Å²) in [4.78, 5) is 12.6. The maximum atomic E-state index is 12.8. The molecule has 4 rings (SSSR count). The topological polar surface area (TPSA) is 84.5 Å². The van der Waals surface area contributed by atoms with Gasteiger partial charge in [0.05, 0.1) is 12.0 Å². The molecule has 6 nitrogen and oxygen atoms in total. The van der Waals surface area contributed by atoms with Gasteiger partial charge in [-0.15, -0.1) is 0 Å². The monoisotopic (exact) mass is 472 g/mol. The molecule has 0 spiro atoms. The van der Waals surface area contributed by atoms with Crippen molar-refractivity contribution in [3.63, 3.8) is 0 Å². The Kier molecular flexibility index (Phi) is 6.65. The van der Waals surface area contributed by atoms with Gasteiger partial charge in [-0.05, 0) is 78.7 Å². The fourth-order valence-corrected chi connectivity index (χ4v) is 4.41. The number of methoxy groups -OCH3 is 1. The largest absolute Gasteiger partial charge is 0.497 e. The van der Waals surface area contributed by atoms with Crippen molar-refractivity contribution in [1.82, 2.24) is 0 Å². The molecule has 0 fully saturated rings. The van der Waals surface area contributed by atoms with Crippen LogP contribution in [0.15, 0.2) is 102 Å². The molecule has 2 N–H and O–H groups in total. The quantitative estimate of drug-likeness (QED) is 0.360. The van der Waals surface area contributed by atoms with Gasteiger partial charge in [-0.25, -0.2) is 8.42 Å². The van der Waals surface area contributed by atoms with Crippen LogP contribution in [0.25, 0.3) is 11.1 Å². The van der Waals surface area contributed by atoms with Gasteiger partial charge < -0.3 is 10.1 Å². The van der Waals surface area contributed by atoms with Crippen molar-refractivity contribution in [2.24, 2.45) is 0 Å². The van der Waals surface area contributed by atoms with E-state index in [4.69, 9.17) is 4.74 Å². The molecule has 7 heteroatoms. The summed E-state index contributed by atoms with van der Waals surface area (Å²) in [7, 11) is -2.20. The third-order valence-corrected chi connectivity index (χ3v) is 6.69. The highest BCUT2D eigenvalue weighted by Crippen LogP contribution is 2.23. The van der Waals surface area contributed by atoms with E-state index < -0.39 is 10.0 Å². The van der Waals surface area contributed by atoms with Crippen LogP contribution in [0.5, 0.6) is 5.75 Å². The van der Waals surface area contributed by atoms with Gasteiger partial charge in [-0.2, -0.15) is 0 Å². The first-order valence-electron chi connectivity index (χ1n) is 10.6. The lowest BCUT2D eigenvalue weighted by molar-refractivity contribution is 0.102. The van der Waals surface area contributed by atoms with Crippen molar-refractivity contribution in [3.05, 3.63) is 108 Å². The maximum absolute atomic E-state index is 12.8. The van der Waals surface area contributed by atoms with Crippen LogP contribution in [-0.2, 0) is 10.0 Å². The van der Waals surface area contributed by atoms with Gasteiger partial charge in [0.15, 0.2) is 0 Å². The average Bonchev–Trinajstić information content (AvgIpc) is 2.85. The summed E-state index contributed by atoms with van der Waals surface area (Å²) in [5, 5.41) is 2.79. The zero-order valence-electron chi connectivity index (χ0n) is 18.8. The Balaban J connectivity index is 1.42. The molecule has 1 amide bonds. The molecule has 0 aromatic heterocycles. The third kappa shape index (κ3) is 5.44. The number of carbonyl (C=O) groups excluding carboxylic acids is 1. The molecule has 0 aliphatic rings. The van der Waals surface area contributed by atoms with E-state index in [2.05, 4.69) is 10.0 Å². The van der Waals surface area contributed by atoms with Crippen molar-refractivity contribution in [3.8, 4) is 16.9 Å². The number of ether oxygens (including phenoxy) is 1. The van der Waals surface area contributed by atoms with Crippen molar-refractivity contribution >= 4 is 27.3 Å².